The first-order valence-electron chi connectivity index (χ1n) is 11.7. The number of hydrogen-bond donors (Lipinski definition) is 1. The summed E-state index contributed by atoms with van der Waals surface area (Å²) in [5, 5.41) is 11.3. The SMILES string of the molecule is CCCOc1ccc(/C(O)=C2\C(=O)C(=O)N(CCCN(C)C)[C@@H]2c2cccc(OC)c2OC)cc1. The van der Waals surface area contributed by atoms with Gasteiger partial charge in [-0.3, -0.25) is 9.59 Å². The van der Waals surface area contributed by atoms with Crippen molar-refractivity contribution in [3.8, 4) is 17.2 Å². The Kier molecular flexibility index (Phi) is 8.76. The summed E-state index contributed by atoms with van der Waals surface area (Å²) in [6.07, 6.45) is 1.54. The minimum Gasteiger partial charge on any atom is -0.507 e. The summed E-state index contributed by atoms with van der Waals surface area (Å²) in [5.74, 6) is -0.0689. The molecule has 0 saturated carbocycles. The first kappa shape index (κ1) is 26.1. The van der Waals surface area contributed by atoms with Crippen molar-refractivity contribution in [2.75, 3.05) is 48.0 Å². The van der Waals surface area contributed by atoms with Crippen LogP contribution in [0.1, 0.15) is 36.9 Å². The van der Waals surface area contributed by atoms with Crippen LogP contribution in [0.3, 0.4) is 0 Å². The van der Waals surface area contributed by atoms with Gasteiger partial charge >= 0.3 is 0 Å². The summed E-state index contributed by atoms with van der Waals surface area (Å²) in [6, 6.07) is 11.3. The van der Waals surface area contributed by atoms with Gasteiger partial charge in [0.1, 0.15) is 11.5 Å². The molecular formula is C27H34N2O6. The Labute approximate surface area is 206 Å². The molecule has 35 heavy (non-hydrogen) atoms. The van der Waals surface area contributed by atoms with Gasteiger partial charge in [-0.05, 0) is 63.8 Å². The van der Waals surface area contributed by atoms with Crippen LogP contribution < -0.4 is 14.2 Å². The number of aliphatic hydroxyl groups is 1. The van der Waals surface area contributed by atoms with Crippen molar-refractivity contribution in [1.29, 1.82) is 0 Å². The summed E-state index contributed by atoms with van der Waals surface area (Å²) in [4.78, 5) is 29.9. The van der Waals surface area contributed by atoms with Crippen LogP contribution in [0.4, 0.5) is 0 Å². The standard InChI is InChI=1S/C27H34N2O6/c1-6-17-35-19-13-11-18(12-14-19)24(30)22-23(20-9-7-10-21(33-4)26(20)34-5)29(27(32)25(22)31)16-8-15-28(2)3/h7,9-14,23,30H,6,8,15-17H2,1-5H3/b24-22+/t23-/m1/s1. The molecule has 1 atom stereocenters. The molecule has 1 aliphatic rings. The quantitative estimate of drug-likeness (QED) is 0.296. The van der Waals surface area contributed by atoms with Crippen molar-refractivity contribution in [1.82, 2.24) is 9.80 Å². The summed E-state index contributed by atoms with van der Waals surface area (Å²) in [7, 11) is 6.93. The molecular weight excluding hydrogens is 448 g/mol. The first-order chi connectivity index (χ1) is 16.8. The first-order valence-corrected chi connectivity index (χ1v) is 11.7. The maximum Gasteiger partial charge on any atom is 0.295 e. The van der Waals surface area contributed by atoms with Gasteiger partial charge in [0.25, 0.3) is 11.7 Å². The molecule has 8 heteroatoms. The second kappa shape index (κ2) is 11.8. The van der Waals surface area contributed by atoms with Gasteiger partial charge in [0.05, 0.1) is 32.4 Å². The number of aliphatic hydroxyl groups excluding tert-OH is 1. The Bertz CT molecular complexity index is 1080. The van der Waals surface area contributed by atoms with Gasteiger partial charge < -0.3 is 29.1 Å². The molecule has 188 valence electrons. The van der Waals surface area contributed by atoms with E-state index in [1.807, 2.05) is 25.9 Å². The molecule has 2 aromatic rings. The summed E-state index contributed by atoms with van der Waals surface area (Å²) in [6.45, 7) is 3.68. The van der Waals surface area contributed by atoms with Crippen LogP contribution in [0, 0.1) is 0 Å². The van der Waals surface area contributed by atoms with Crippen LogP contribution in [0.5, 0.6) is 17.2 Å². The van der Waals surface area contributed by atoms with Gasteiger partial charge in [-0.2, -0.15) is 0 Å². The van der Waals surface area contributed by atoms with E-state index in [2.05, 4.69) is 0 Å². The van der Waals surface area contributed by atoms with Gasteiger partial charge in [-0.1, -0.05) is 19.1 Å². The smallest absolute Gasteiger partial charge is 0.295 e. The van der Waals surface area contributed by atoms with Crippen LogP contribution in [0.15, 0.2) is 48.0 Å². The molecule has 1 amide bonds. The van der Waals surface area contributed by atoms with E-state index in [1.165, 1.54) is 19.1 Å². The number of ether oxygens (including phenoxy) is 3. The summed E-state index contributed by atoms with van der Waals surface area (Å²) < 4.78 is 16.7. The monoisotopic (exact) mass is 482 g/mol. The number of nitrogens with zero attached hydrogens (tertiary/aromatic N) is 2. The average molecular weight is 483 g/mol. The predicted molar refractivity (Wildman–Crippen MR) is 134 cm³/mol. The fourth-order valence-corrected chi connectivity index (χ4v) is 4.20. The third-order valence-corrected chi connectivity index (χ3v) is 5.87. The third-order valence-electron chi connectivity index (χ3n) is 5.87. The Morgan fingerprint density at radius 1 is 1.06 bits per heavy atom. The highest BCUT2D eigenvalue weighted by molar-refractivity contribution is 6.46. The maximum atomic E-state index is 13.3. The van der Waals surface area contributed by atoms with Gasteiger partial charge in [0.15, 0.2) is 11.5 Å². The Hall–Kier alpha value is -3.52. The predicted octanol–water partition coefficient (Wildman–Crippen LogP) is 3.87. The minimum atomic E-state index is -0.821. The molecule has 2 aromatic carbocycles. The number of amides is 1. The molecule has 0 aliphatic carbocycles. The number of likely N-dealkylation sites (tertiary alicyclic amines) is 1. The number of Topliss-reactive ketones (excluding diaryl/α,β-unsaturated/α-hetero) is 1. The lowest BCUT2D eigenvalue weighted by atomic mass is 9.94. The normalized spacial score (nSPS) is 17.2. The molecule has 1 heterocycles. The number of hydrogen-bond acceptors (Lipinski definition) is 7. The van der Waals surface area contributed by atoms with Crippen molar-refractivity contribution >= 4 is 17.4 Å². The zero-order valence-electron chi connectivity index (χ0n) is 21.0. The van der Waals surface area contributed by atoms with Gasteiger partial charge in [-0.15, -0.1) is 0 Å². The maximum absolute atomic E-state index is 13.3. The molecule has 0 unspecified atom stereocenters. The molecule has 0 radical (unpaired) electrons. The molecule has 0 spiro atoms. The summed E-state index contributed by atoms with van der Waals surface area (Å²) in [5.41, 5.74) is 1.01. The molecule has 1 N–H and O–H groups in total. The minimum absolute atomic E-state index is 0.0219. The Balaban J connectivity index is 2.12. The highest BCUT2D eigenvalue weighted by atomic mass is 16.5. The molecule has 1 aliphatic heterocycles. The van der Waals surface area contributed by atoms with Crippen LogP contribution >= 0.6 is 0 Å². The van der Waals surface area contributed by atoms with Gasteiger partial charge in [0, 0.05) is 17.7 Å². The second-order valence-corrected chi connectivity index (χ2v) is 8.60. The highest BCUT2D eigenvalue weighted by Crippen LogP contribution is 2.45. The fourth-order valence-electron chi connectivity index (χ4n) is 4.20. The van der Waals surface area contributed by atoms with E-state index in [0.717, 1.165) is 13.0 Å². The average Bonchev–Trinajstić information content (AvgIpc) is 3.11. The number of methoxy groups -OCH3 is 2. The number of benzene rings is 2. The van der Waals surface area contributed by atoms with Crippen molar-refractivity contribution < 1.29 is 28.9 Å². The second-order valence-electron chi connectivity index (χ2n) is 8.60. The van der Waals surface area contributed by atoms with Crippen molar-refractivity contribution in [3.63, 3.8) is 0 Å². The molecule has 1 fully saturated rings. The molecule has 1 saturated heterocycles. The lowest BCUT2D eigenvalue weighted by Crippen LogP contribution is -2.32. The highest BCUT2D eigenvalue weighted by Gasteiger charge is 2.47. The number of para-hydroxylation sites is 1. The van der Waals surface area contributed by atoms with E-state index in [0.29, 0.717) is 47.9 Å². The van der Waals surface area contributed by atoms with Crippen molar-refractivity contribution in [2.24, 2.45) is 0 Å². The molecule has 0 bridgehead atoms. The number of carbonyl (C=O) groups excluding carboxylic acids is 2. The molecule has 0 aromatic heterocycles. The zero-order valence-corrected chi connectivity index (χ0v) is 21.0. The van der Waals surface area contributed by atoms with Crippen LogP contribution in [-0.4, -0.2) is 74.6 Å². The van der Waals surface area contributed by atoms with Crippen molar-refractivity contribution in [2.45, 2.75) is 25.8 Å². The van der Waals surface area contributed by atoms with E-state index in [1.54, 1.807) is 42.5 Å². The largest absolute Gasteiger partial charge is 0.507 e. The Morgan fingerprint density at radius 3 is 2.37 bits per heavy atom. The van der Waals surface area contributed by atoms with Crippen LogP contribution in [0.2, 0.25) is 0 Å². The van der Waals surface area contributed by atoms with Gasteiger partial charge in [0.2, 0.25) is 0 Å². The van der Waals surface area contributed by atoms with E-state index in [-0.39, 0.29) is 11.3 Å². The van der Waals surface area contributed by atoms with E-state index >= 15 is 0 Å². The molecule has 8 nitrogen and oxygen atoms in total. The number of rotatable bonds is 11. The molecule has 3 rings (SSSR count). The third kappa shape index (κ3) is 5.59. The number of carbonyl (C=O) groups is 2. The number of ketones is 1. The lowest BCUT2D eigenvalue weighted by Gasteiger charge is -2.27. The van der Waals surface area contributed by atoms with Crippen molar-refractivity contribution in [3.05, 3.63) is 59.2 Å². The van der Waals surface area contributed by atoms with Crippen LogP contribution in [0.25, 0.3) is 5.76 Å². The van der Waals surface area contributed by atoms with Gasteiger partial charge in [-0.25, -0.2) is 0 Å². The van der Waals surface area contributed by atoms with E-state index in [4.69, 9.17) is 14.2 Å². The lowest BCUT2D eigenvalue weighted by molar-refractivity contribution is -0.140. The fraction of sp³-hybridized carbons (Fsp3) is 0.407. The topological polar surface area (TPSA) is 88.5 Å². The Morgan fingerprint density at radius 2 is 1.77 bits per heavy atom. The van der Waals surface area contributed by atoms with E-state index < -0.39 is 17.7 Å². The summed E-state index contributed by atoms with van der Waals surface area (Å²) >= 11 is 0. The zero-order chi connectivity index (χ0) is 25.5. The van der Waals surface area contributed by atoms with E-state index in [9.17, 15) is 14.7 Å². The van der Waals surface area contributed by atoms with Crippen LogP contribution in [-0.2, 0) is 9.59 Å².